The second-order valence-corrected chi connectivity index (χ2v) is 13.6. The first-order valence-electron chi connectivity index (χ1n) is 13.4. The molecular formula is C26H36N6O8S2. The Kier molecular flexibility index (Phi) is 11.8. The zero-order chi connectivity index (χ0) is 30.9. The minimum Gasteiger partial charge on any atom is -0.378 e. The molecule has 0 spiro atoms. The summed E-state index contributed by atoms with van der Waals surface area (Å²) in [6, 6.07) is 3.59. The van der Waals surface area contributed by atoms with Crippen molar-refractivity contribution in [3.63, 3.8) is 0 Å². The molecule has 1 aromatic rings. The number of hydrogen-bond acceptors (Lipinski definition) is 12. The number of carbonyl (C=O) groups is 4. The molecule has 2 atom stereocenters. The fourth-order valence-corrected chi connectivity index (χ4v) is 5.44. The van der Waals surface area contributed by atoms with Gasteiger partial charge in [-0.15, -0.1) is 9.81 Å². The molecule has 0 aliphatic carbocycles. The molecule has 3 rings (SSSR count). The molecular weight excluding hydrogens is 588 g/mol. The van der Waals surface area contributed by atoms with E-state index in [1.807, 2.05) is 0 Å². The van der Waals surface area contributed by atoms with Crippen LogP contribution < -0.4 is 10.6 Å². The van der Waals surface area contributed by atoms with Crippen LogP contribution in [0.3, 0.4) is 0 Å². The smallest absolute Gasteiger partial charge is 0.251 e. The van der Waals surface area contributed by atoms with Gasteiger partial charge in [0.25, 0.3) is 11.8 Å². The predicted molar refractivity (Wildman–Crippen MR) is 159 cm³/mol. The normalized spacial score (nSPS) is 17.5. The SMILES string of the molecule is CC(C)(SN=O)C(NC(=O)c1cccc(C(=O)NC(C(=O)N2CCOCC2)C(C)(C)SN=O)c1)C(=O)N1CCOCC1. The van der Waals surface area contributed by atoms with E-state index in [1.165, 1.54) is 24.3 Å². The zero-order valence-corrected chi connectivity index (χ0v) is 25.6. The van der Waals surface area contributed by atoms with Crippen LogP contribution >= 0.6 is 23.9 Å². The van der Waals surface area contributed by atoms with Crippen molar-refractivity contribution >= 4 is 47.5 Å². The molecule has 0 saturated carbocycles. The van der Waals surface area contributed by atoms with Gasteiger partial charge in [-0.1, -0.05) is 6.07 Å². The lowest BCUT2D eigenvalue weighted by molar-refractivity contribution is -0.138. The molecule has 0 aromatic heterocycles. The number of nitroso groups, excluding NO2 is 2. The summed E-state index contributed by atoms with van der Waals surface area (Å²) < 4.78 is 14.2. The Bertz CT molecular complexity index is 1090. The Balaban J connectivity index is 1.82. The average Bonchev–Trinajstić information content (AvgIpc) is 2.98. The van der Waals surface area contributed by atoms with E-state index in [9.17, 15) is 29.0 Å². The summed E-state index contributed by atoms with van der Waals surface area (Å²) in [7, 11) is 0. The standard InChI is InChI=1S/C26H36N6O8S2/c1-25(2,41-29-37)19(23(35)31-8-12-39-13-9-31)27-21(33)17-6-5-7-18(16-17)22(34)28-20(26(3,4)42-30-38)24(36)32-10-14-40-15-11-32/h5-7,16,19-20H,8-15H2,1-4H3,(H,27,33)(H,28,34). The molecule has 4 amide bonds. The molecule has 2 aliphatic rings. The highest BCUT2D eigenvalue weighted by atomic mass is 32.2. The molecule has 230 valence electrons. The predicted octanol–water partition coefficient (Wildman–Crippen LogP) is 1.99. The van der Waals surface area contributed by atoms with Crippen LogP contribution in [0, 0.1) is 9.81 Å². The first kappa shape index (κ1) is 33.4. The minimum absolute atomic E-state index is 0.0848. The van der Waals surface area contributed by atoms with Crippen LogP contribution in [-0.2, 0) is 19.1 Å². The molecule has 2 fully saturated rings. The summed E-state index contributed by atoms with van der Waals surface area (Å²) >= 11 is 1.29. The highest BCUT2D eigenvalue weighted by molar-refractivity contribution is 7.99. The Labute approximate surface area is 252 Å². The molecule has 0 bridgehead atoms. The second kappa shape index (κ2) is 14.9. The van der Waals surface area contributed by atoms with Gasteiger partial charge in [0.1, 0.15) is 12.1 Å². The number of carbonyl (C=O) groups excluding carboxylic acids is 4. The van der Waals surface area contributed by atoms with Crippen molar-refractivity contribution in [3.8, 4) is 0 Å². The maximum absolute atomic E-state index is 13.4. The monoisotopic (exact) mass is 624 g/mol. The first-order chi connectivity index (χ1) is 19.9. The fraction of sp³-hybridized carbons (Fsp3) is 0.615. The summed E-state index contributed by atoms with van der Waals surface area (Å²) in [5, 5.41) is 5.44. The summed E-state index contributed by atoms with van der Waals surface area (Å²) in [4.78, 5) is 78.8. The Morgan fingerprint density at radius 2 is 1.10 bits per heavy atom. The van der Waals surface area contributed by atoms with Crippen molar-refractivity contribution < 1.29 is 28.7 Å². The number of ether oxygens (including phenoxy) is 2. The first-order valence-corrected chi connectivity index (χ1v) is 14.9. The largest absolute Gasteiger partial charge is 0.378 e. The van der Waals surface area contributed by atoms with Crippen molar-refractivity contribution in [3.05, 3.63) is 45.2 Å². The van der Waals surface area contributed by atoms with Crippen LogP contribution in [0.15, 0.2) is 33.4 Å². The van der Waals surface area contributed by atoms with E-state index in [-0.39, 0.29) is 22.9 Å². The van der Waals surface area contributed by atoms with E-state index >= 15 is 0 Å². The van der Waals surface area contributed by atoms with Crippen molar-refractivity contribution in [1.82, 2.24) is 20.4 Å². The van der Waals surface area contributed by atoms with E-state index in [0.29, 0.717) is 76.5 Å². The molecule has 2 saturated heterocycles. The molecule has 42 heavy (non-hydrogen) atoms. The maximum Gasteiger partial charge on any atom is 0.251 e. The minimum atomic E-state index is -1.10. The van der Waals surface area contributed by atoms with Gasteiger partial charge in [-0.05, 0) is 45.9 Å². The van der Waals surface area contributed by atoms with Crippen LogP contribution in [-0.4, -0.2) is 108 Å². The quantitative estimate of drug-likeness (QED) is 0.258. The summed E-state index contributed by atoms with van der Waals surface area (Å²) in [6.07, 6.45) is 0. The van der Waals surface area contributed by atoms with Crippen LogP contribution in [0.4, 0.5) is 0 Å². The molecule has 0 radical (unpaired) electrons. The van der Waals surface area contributed by atoms with Gasteiger partial charge in [0.15, 0.2) is 0 Å². The van der Waals surface area contributed by atoms with Crippen molar-refractivity contribution in [2.24, 2.45) is 9.16 Å². The van der Waals surface area contributed by atoms with Gasteiger partial charge in [0.05, 0.1) is 35.9 Å². The van der Waals surface area contributed by atoms with Crippen molar-refractivity contribution in [1.29, 1.82) is 0 Å². The van der Waals surface area contributed by atoms with Crippen molar-refractivity contribution in [2.75, 3.05) is 52.6 Å². The number of nitrogens with one attached hydrogen (secondary N) is 2. The topological polar surface area (TPSA) is 176 Å². The molecule has 14 nitrogen and oxygen atoms in total. The summed E-state index contributed by atoms with van der Waals surface area (Å²) in [6.45, 7) is 9.32. The third kappa shape index (κ3) is 8.49. The molecule has 2 aliphatic heterocycles. The Hall–Kier alpha value is -3.08. The third-order valence-corrected chi connectivity index (χ3v) is 8.57. The van der Waals surface area contributed by atoms with E-state index in [4.69, 9.17) is 9.47 Å². The highest BCUT2D eigenvalue weighted by Crippen LogP contribution is 2.32. The second-order valence-electron chi connectivity index (χ2n) is 10.8. The average molecular weight is 625 g/mol. The lowest BCUT2D eigenvalue weighted by Gasteiger charge is -2.36. The van der Waals surface area contributed by atoms with E-state index < -0.39 is 33.4 Å². The molecule has 2 N–H and O–H groups in total. The van der Waals surface area contributed by atoms with Gasteiger partial charge < -0.3 is 29.9 Å². The summed E-state index contributed by atoms with van der Waals surface area (Å²) in [5.74, 6) is -2.04. The number of benzene rings is 1. The Morgan fingerprint density at radius 1 is 0.738 bits per heavy atom. The Morgan fingerprint density at radius 3 is 1.43 bits per heavy atom. The molecule has 1 aromatic carbocycles. The number of morpholine rings is 2. The van der Waals surface area contributed by atoms with E-state index in [2.05, 4.69) is 19.8 Å². The van der Waals surface area contributed by atoms with Gasteiger partial charge in [-0.25, -0.2) is 0 Å². The van der Waals surface area contributed by atoms with Crippen LogP contribution in [0.5, 0.6) is 0 Å². The molecule has 2 unspecified atom stereocenters. The maximum atomic E-state index is 13.4. The van der Waals surface area contributed by atoms with Crippen molar-refractivity contribution in [2.45, 2.75) is 49.3 Å². The third-order valence-electron chi connectivity index (χ3n) is 7.01. The van der Waals surface area contributed by atoms with Crippen LogP contribution in [0.25, 0.3) is 0 Å². The van der Waals surface area contributed by atoms with Gasteiger partial charge in [0, 0.05) is 70.4 Å². The fourth-order valence-electron chi connectivity index (χ4n) is 4.53. The number of rotatable bonds is 12. The number of nitrogens with zero attached hydrogens (tertiary/aromatic N) is 4. The van der Waals surface area contributed by atoms with Gasteiger partial charge in [-0.3, -0.25) is 19.2 Å². The van der Waals surface area contributed by atoms with E-state index in [0.717, 1.165) is 0 Å². The number of hydrogen-bond donors (Lipinski definition) is 2. The van der Waals surface area contributed by atoms with E-state index in [1.54, 1.807) is 37.5 Å². The lowest BCUT2D eigenvalue weighted by atomic mass is 9.99. The van der Waals surface area contributed by atoms with Crippen LogP contribution in [0.2, 0.25) is 0 Å². The van der Waals surface area contributed by atoms with Gasteiger partial charge in [-0.2, -0.15) is 0 Å². The zero-order valence-electron chi connectivity index (χ0n) is 24.0. The molecule has 2 heterocycles. The highest BCUT2D eigenvalue weighted by Gasteiger charge is 2.42. The van der Waals surface area contributed by atoms with Gasteiger partial charge >= 0.3 is 0 Å². The van der Waals surface area contributed by atoms with Gasteiger partial charge in [0.2, 0.25) is 11.8 Å². The number of amides is 4. The summed E-state index contributed by atoms with van der Waals surface area (Å²) in [5.41, 5.74) is 0.170. The lowest BCUT2D eigenvalue weighted by Crippen LogP contribution is -2.59. The van der Waals surface area contributed by atoms with Crippen LogP contribution in [0.1, 0.15) is 48.4 Å². The molecule has 16 heteroatoms.